The van der Waals surface area contributed by atoms with Gasteiger partial charge in [-0.05, 0) is 41.4 Å². The fraction of sp³-hybridized carbons (Fsp3) is 0.167. The van der Waals surface area contributed by atoms with Gasteiger partial charge < -0.3 is 21.7 Å². The zero-order valence-corrected chi connectivity index (χ0v) is 17.5. The lowest BCUT2D eigenvalue weighted by atomic mass is 10.0. The zero-order chi connectivity index (χ0) is 21.2. The second-order valence-electron chi connectivity index (χ2n) is 6.98. The van der Waals surface area contributed by atoms with Gasteiger partial charge >= 0.3 is 0 Å². The molecule has 3 rings (SSSR count). The maximum Gasteiger partial charge on any atom is 0.234 e. The van der Waals surface area contributed by atoms with Gasteiger partial charge in [0.15, 0.2) is 5.11 Å². The smallest absolute Gasteiger partial charge is 0.234 e. The van der Waals surface area contributed by atoms with Crippen molar-refractivity contribution in [1.82, 2.24) is 10.6 Å². The Morgan fingerprint density at radius 1 is 0.833 bits per heavy atom. The molecule has 0 bridgehead atoms. The van der Waals surface area contributed by atoms with Gasteiger partial charge in [0, 0.05) is 18.8 Å². The van der Waals surface area contributed by atoms with Crippen LogP contribution in [0.2, 0.25) is 0 Å². The van der Waals surface area contributed by atoms with Gasteiger partial charge in [-0.2, -0.15) is 0 Å². The summed E-state index contributed by atoms with van der Waals surface area (Å²) in [6, 6.07) is 27.3. The molecule has 0 radical (unpaired) electrons. The first-order chi connectivity index (χ1) is 14.6. The van der Waals surface area contributed by atoms with Crippen LogP contribution in [-0.4, -0.2) is 17.1 Å². The molecule has 1 atom stereocenters. The summed E-state index contributed by atoms with van der Waals surface area (Å²) in [6.07, 6.45) is 0.544. The molecule has 0 saturated heterocycles. The molecule has 154 valence electrons. The van der Waals surface area contributed by atoms with Gasteiger partial charge in [0.1, 0.15) is 0 Å². The molecular formula is C24H26N4OS. The van der Waals surface area contributed by atoms with Crippen molar-refractivity contribution in [3.8, 4) is 0 Å². The number of carbonyl (C=O) groups is 1. The molecule has 5 N–H and O–H groups in total. The molecule has 0 aliphatic carbocycles. The van der Waals surface area contributed by atoms with Crippen LogP contribution in [0.4, 0.5) is 5.69 Å². The van der Waals surface area contributed by atoms with E-state index in [-0.39, 0.29) is 5.91 Å². The first-order valence-corrected chi connectivity index (χ1v) is 10.3. The number of anilines is 1. The molecule has 3 aromatic rings. The summed E-state index contributed by atoms with van der Waals surface area (Å²) in [5, 5.41) is 10.3. The summed E-state index contributed by atoms with van der Waals surface area (Å²) in [4.78, 5) is 11.9. The van der Waals surface area contributed by atoms with Gasteiger partial charge in [0.05, 0.1) is 6.04 Å². The van der Waals surface area contributed by atoms with Crippen molar-refractivity contribution >= 4 is 28.9 Å². The SMILES string of the molecule is NC(=O)C(Cc1ccccc1)NCc1ccccc1NC(=S)NCc1ccccc1. The zero-order valence-electron chi connectivity index (χ0n) is 16.7. The summed E-state index contributed by atoms with van der Waals surface area (Å²) >= 11 is 5.44. The van der Waals surface area contributed by atoms with E-state index in [0.717, 1.165) is 22.4 Å². The van der Waals surface area contributed by atoms with E-state index < -0.39 is 6.04 Å². The van der Waals surface area contributed by atoms with Gasteiger partial charge in [0.25, 0.3) is 0 Å². The average molecular weight is 419 g/mol. The van der Waals surface area contributed by atoms with Crippen molar-refractivity contribution in [2.24, 2.45) is 5.73 Å². The van der Waals surface area contributed by atoms with Gasteiger partial charge in [-0.3, -0.25) is 4.79 Å². The van der Waals surface area contributed by atoms with Crippen LogP contribution >= 0.6 is 12.2 Å². The predicted molar refractivity (Wildman–Crippen MR) is 126 cm³/mol. The molecule has 0 aliphatic rings. The van der Waals surface area contributed by atoms with Crippen molar-refractivity contribution in [3.63, 3.8) is 0 Å². The fourth-order valence-corrected chi connectivity index (χ4v) is 3.28. The number of hydrogen-bond donors (Lipinski definition) is 4. The molecule has 0 heterocycles. The summed E-state index contributed by atoms with van der Waals surface area (Å²) in [7, 11) is 0. The summed E-state index contributed by atoms with van der Waals surface area (Å²) < 4.78 is 0. The third-order valence-corrected chi connectivity index (χ3v) is 4.97. The highest BCUT2D eigenvalue weighted by Gasteiger charge is 2.16. The van der Waals surface area contributed by atoms with Crippen LogP contribution in [0.3, 0.4) is 0 Å². The molecular weight excluding hydrogens is 392 g/mol. The Balaban J connectivity index is 1.58. The van der Waals surface area contributed by atoms with E-state index in [1.807, 2.05) is 84.9 Å². The number of hydrogen-bond acceptors (Lipinski definition) is 3. The third kappa shape index (κ3) is 6.69. The van der Waals surface area contributed by atoms with Gasteiger partial charge in [-0.1, -0.05) is 78.9 Å². The molecule has 0 fully saturated rings. The second kappa shape index (κ2) is 11.1. The molecule has 0 aliphatic heterocycles. The van der Waals surface area contributed by atoms with Crippen LogP contribution in [-0.2, 0) is 24.3 Å². The number of nitrogens with two attached hydrogens (primary N) is 1. The molecule has 6 heteroatoms. The minimum atomic E-state index is -0.455. The van der Waals surface area contributed by atoms with E-state index >= 15 is 0 Å². The van der Waals surface area contributed by atoms with Gasteiger partial charge in [-0.25, -0.2) is 0 Å². The molecule has 0 spiro atoms. The molecule has 5 nitrogen and oxygen atoms in total. The Labute approximate surface area is 182 Å². The van der Waals surface area contributed by atoms with E-state index in [1.54, 1.807) is 0 Å². The Hall–Kier alpha value is -3.22. The third-order valence-electron chi connectivity index (χ3n) is 4.73. The van der Waals surface area contributed by atoms with Crippen LogP contribution in [0.25, 0.3) is 0 Å². The highest BCUT2D eigenvalue weighted by Crippen LogP contribution is 2.15. The number of para-hydroxylation sites is 1. The van der Waals surface area contributed by atoms with Gasteiger partial charge in [0.2, 0.25) is 5.91 Å². The Morgan fingerprint density at radius 3 is 2.10 bits per heavy atom. The van der Waals surface area contributed by atoms with Crippen molar-refractivity contribution in [2.45, 2.75) is 25.6 Å². The highest BCUT2D eigenvalue weighted by molar-refractivity contribution is 7.80. The monoisotopic (exact) mass is 418 g/mol. The van der Waals surface area contributed by atoms with E-state index in [4.69, 9.17) is 18.0 Å². The van der Waals surface area contributed by atoms with Crippen LogP contribution in [0, 0.1) is 0 Å². The fourth-order valence-electron chi connectivity index (χ4n) is 3.10. The predicted octanol–water partition coefficient (Wildman–Crippen LogP) is 3.36. The summed E-state index contributed by atoms with van der Waals surface area (Å²) in [5.74, 6) is -0.371. The molecule has 30 heavy (non-hydrogen) atoms. The summed E-state index contributed by atoms with van der Waals surface area (Å²) in [6.45, 7) is 1.14. The number of amides is 1. The lowest BCUT2D eigenvalue weighted by Gasteiger charge is -2.18. The number of carbonyl (C=O) groups excluding carboxylic acids is 1. The quantitative estimate of drug-likeness (QED) is 0.401. The molecule has 1 unspecified atom stereocenters. The topological polar surface area (TPSA) is 79.2 Å². The standard InChI is InChI=1S/C24H26N4OS/c25-23(29)22(15-18-9-3-1-4-10-18)26-17-20-13-7-8-14-21(20)28-24(30)27-16-19-11-5-2-6-12-19/h1-14,22,26H,15-17H2,(H2,25,29)(H2,27,28,30). The molecule has 3 aromatic carbocycles. The van der Waals surface area contributed by atoms with E-state index in [2.05, 4.69) is 16.0 Å². The van der Waals surface area contributed by atoms with E-state index in [1.165, 1.54) is 0 Å². The maximum atomic E-state index is 11.9. The number of thiocarbonyl (C=S) groups is 1. The van der Waals surface area contributed by atoms with E-state index in [9.17, 15) is 4.79 Å². The number of benzene rings is 3. The first-order valence-electron chi connectivity index (χ1n) is 9.85. The number of rotatable bonds is 9. The van der Waals surface area contributed by atoms with Crippen molar-refractivity contribution in [3.05, 3.63) is 102 Å². The molecule has 0 saturated carbocycles. The van der Waals surface area contributed by atoms with Crippen molar-refractivity contribution in [1.29, 1.82) is 0 Å². The van der Waals surface area contributed by atoms with Crippen LogP contribution < -0.4 is 21.7 Å². The van der Waals surface area contributed by atoms with Crippen LogP contribution in [0.15, 0.2) is 84.9 Å². The van der Waals surface area contributed by atoms with Crippen molar-refractivity contribution in [2.75, 3.05) is 5.32 Å². The lowest BCUT2D eigenvalue weighted by Crippen LogP contribution is -2.42. The summed E-state index contributed by atoms with van der Waals surface area (Å²) in [5.41, 5.74) is 9.72. The van der Waals surface area contributed by atoms with Crippen molar-refractivity contribution < 1.29 is 4.79 Å². The first kappa shape index (κ1) is 21.5. The Bertz CT molecular complexity index is 963. The Morgan fingerprint density at radius 2 is 1.43 bits per heavy atom. The molecule has 0 aromatic heterocycles. The Kier molecular flexibility index (Phi) is 7.94. The van der Waals surface area contributed by atoms with Crippen LogP contribution in [0.1, 0.15) is 16.7 Å². The second-order valence-corrected chi connectivity index (χ2v) is 7.38. The highest BCUT2D eigenvalue weighted by atomic mass is 32.1. The normalized spacial score (nSPS) is 11.5. The number of nitrogens with one attached hydrogen (secondary N) is 3. The minimum absolute atomic E-state index is 0.371. The largest absolute Gasteiger partial charge is 0.368 e. The maximum absolute atomic E-state index is 11.9. The van der Waals surface area contributed by atoms with Gasteiger partial charge in [-0.15, -0.1) is 0 Å². The molecule has 1 amide bonds. The van der Waals surface area contributed by atoms with E-state index in [0.29, 0.717) is 24.6 Å². The lowest BCUT2D eigenvalue weighted by molar-refractivity contribution is -0.120. The number of primary amides is 1. The average Bonchev–Trinajstić information content (AvgIpc) is 2.77. The van der Waals surface area contributed by atoms with Crippen LogP contribution in [0.5, 0.6) is 0 Å². The minimum Gasteiger partial charge on any atom is -0.368 e.